The molecule has 0 unspecified atom stereocenters. The van der Waals surface area contributed by atoms with Crippen molar-refractivity contribution in [3.05, 3.63) is 268 Å². The first kappa shape index (κ1) is 89.2. The summed E-state index contributed by atoms with van der Waals surface area (Å²) < 4.78 is 19.1. The lowest BCUT2D eigenvalue weighted by Gasteiger charge is -2.35. The molecule has 0 saturated carbocycles. The number of amides is 3. The van der Waals surface area contributed by atoms with Crippen LogP contribution in [-0.4, -0.2) is 140 Å². The number of nitrogens with one attached hydrogen (secondary N) is 3. The molecule has 1 aliphatic rings. The first-order valence-corrected chi connectivity index (χ1v) is 41.0. The molecule has 6 aromatic carbocycles. The minimum absolute atomic E-state index is 0.00184. The largest absolute Gasteiger partial charge is 0.481 e. The van der Waals surface area contributed by atoms with Gasteiger partial charge in [-0.3, -0.25) is 48.1 Å². The number of carbonyl (C=O) groups is 6. The van der Waals surface area contributed by atoms with Gasteiger partial charge in [-0.05, 0) is 260 Å². The number of rotatable bonds is 38. The lowest BCUT2D eigenvalue weighted by Crippen LogP contribution is -2.47. The summed E-state index contributed by atoms with van der Waals surface area (Å²) in [7, 11) is 7.84. The summed E-state index contributed by atoms with van der Waals surface area (Å²) in [5.41, 5.74) is 15.5. The maximum Gasteiger partial charge on any atom is 0.305 e. The maximum atomic E-state index is 15.4. The first-order valence-electron chi connectivity index (χ1n) is 41.0. The second-order valence-corrected chi connectivity index (χ2v) is 34.0. The minimum Gasteiger partial charge on any atom is -0.481 e. The van der Waals surface area contributed by atoms with Gasteiger partial charge >= 0.3 is 17.9 Å². The lowest BCUT2D eigenvalue weighted by molar-refractivity contribution is -0.139. The van der Waals surface area contributed by atoms with Crippen molar-refractivity contribution in [2.24, 2.45) is 17.8 Å². The summed E-state index contributed by atoms with van der Waals surface area (Å²) in [6.07, 6.45) is 5.28. The first-order chi connectivity index (χ1) is 56.0. The summed E-state index contributed by atoms with van der Waals surface area (Å²) in [5.74, 6) is -5.06. The van der Waals surface area contributed by atoms with Gasteiger partial charge in [-0.2, -0.15) is 0 Å². The molecule has 0 bridgehead atoms. The Hall–Kier alpha value is -11.2. The molecule has 1 fully saturated rings. The highest BCUT2D eigenvalue weighted by atomic mass is 19.1. The Morgan fingerprint density at radius 2 is 0.873 bits per heavy atom. The van der Waals surface area contributed by atoms with Crippen LogP contribution >= 0.6 is 0 Å². The van der Waals surface area contributed by atoms with Crippen LogP contribution in [0, 0.1) is 52.4 Å². The second-order valence-electron chi connectivity index (χ2n) is 34.0. The number of hydrogen-bond acceptors (Lipinski definition) is 12. The standard InChI is InChI=1S/C96H116FN9O12/c1-57(2)40-82(104-39-36-65(43-86(104)108)34-37-101(12)13)94(116)98-81(51-90(114)115)70-23-19-27-74(47-70)93-60(7)20-16-24-73(93)44-67-31-28-61(8)91(63(67)10)71-25-17-21-68(45-71)79(49-88(110)111)100-96(118)84(42-59(5)6)106-54-75(53-103-55-76(97)56-103)78(48-87(106)109)77-32-29-62(9)92(64(77)11)72-26-18-22-69(46-72)80(50-89(112)113)99-95(117)83(41-58(3)4)105-52-66(30-33-85(105)107)35-38-102(14)15/h16-33,36,39,43,45-48,52,54,57-59,76,79-84H,34-35,37-38,40-42,44,49-51,53,55-56H2,1-15H3,(H,98,116)(H,99,117)(H,100,118)(H,110,111)(H,112,113)(H,114,115)/t79-,80-,81-,82-,83+,84-/m0/s1. The van der Waals surface area contributed by atoms with Crippen LogP contribution in [0.1, 0.15) is 189 Å². The fourth-order valence-corrected chi connectivity index (χ4v) is 16.5. The van der Waals surface area contributed by atoms with Crippen molar-refractivity contribution in [2.75, 3.05) is 54.4 Å². The Kier molecular flexibility index (Phi) is 30.1. The number of carboxylic acid groups (broad SMARTS) is 3. The van der Waals surface area contributed by atoms with Gasteiger partial charge in [0.05, 0.1) is 37.4 Å². The monoisotopic (exact) mass is 1610 g/mol. The topological polar surface area (TPSA) is 275 Å². The molecule has 1 saturated heterocycles. The van der Waals surface area contributed by atoms with Crippen molar-refractivity contribution < 1.29 is 48.5 Å². The zero-order chi connectivity index (χ0) is 85.7. The smallest absolute Gasteiger partial charge is 0.305 e. The molecule has 4 heterocycles. The number of aryl methyl sites for hydroxylation is 3. The highest BCUT2D eigenvalue weighted by molar-refractivity contribution is 5.86. The molecule has 624 valence electrons. The minimum atomic E-state index is -1.16. The van der Waals surface area contributed by atoms with Gasteiger partial charge in [-0.1, -0.05) is 145 Å². The molecule has 3 aromatic heterocycles. The number of likely N-dealkylation sites (N-methyl/N-ethyl adjacent to an activating group) is 2. The van der Waals surface area contributed by atoms with Crippen molar-refractivity contribution in [3.63, 3.8) is 0 Å². The van der Waals surface area contributed by atoms with Gasteiger partial charge in [-0.15, -0.1) is 0 Å². The molecule has 21 nitrogen and oxygen atoms in total. The summed E-state index contributed by atoms with van der Waals surface area (Å²) in [6.45, 7) is 23.7. The SMILES string of the molecule is Cc1cccc(Cc2ccc(C)c(-c3cccc([C@H](CC(=O)O)NC(=O)[C@H](CC(C)C)n4cc(CN5CC(F)C5)c(-c5ccc(C)c(-c6cccc([C@H](CC(=O)O)NC(=O)[C@@H](CC(C)C)n7cc(CCN(C)C)ccc7=O)c6)c5C)cc4=O)c3)c2C)c1-c1cccc([C@H](CC(=O)O)NC(=O)[C@H](CC(C)C)n2ccc(CCN(C)C)cc2=O)c1. The zero-order valence-corrected chi connectivity index (χ0v) is 70.8. The molecule has 118 heavy (non-hydrogen) atoms. The van der Waals surface area contributed by atoms with Crippen molar-refractivity contribution in [1.82, 2.24) is 44.4 Å². The van der Waals surface area contributed by atoms with E-state index >= 15 is 9.59 Å². The van der Waals surface area contributed by atoms with Gasteiger partial charge in [0.25, 0.3) is 16.7 Å². The fourth-order valence-electron chi connectivity index (χ4n) is 16.5. The average Bonchev–Trinajstić information content (AvgIpc) is 0.762. The predicted octanol–water partition coefficient (Wildman–Crippen LogP) is 15.1. The van der Waals surface area contributed by atoms with Gasteiger partial charge < -0.3 is 54.8 Å². The van der Waals surface area contributed by atoms with E-state index in [9.17, 15) is 53.3 Å². The Morgan fingerprint density at radius 1 is 0.441 bits per heavy atom. The van der Waals surface area contributed by atoms with E-state index in [1.165, 1.54) is 25.8 Å². The van der Waals surface area contributed by atoms with Crippen molar-refractivity contribution >= 4 is 35.6 Å². The van der Waals surface area contributed by atoms with E-state index in [0.29, 0.717) is 71.0 Å². The Balaban J connectivity index is 0.932. The van der Waals surface area contributed by atoms with Gasteiger partial charge in [-0.25, -0.2) is 4.39 Å². The van der Waals surface area contributed by atoms with E-state index in [1.807, 2.05) is 197 Å². The van der Waals surface area contributed by atoms with Crippen LogP contribution in [-0.2, 0) is 54.6 Å². The lowest BCUT2D eigenvalue weighted by atomic mass is 9.85. The number of alkyl halides is 1. The average molecular weight is 1610 g/mol. The number of pyridine rings is 3. The van der Waals surface area contributed by atoms with E-state index in [-0.39, 0.29) is 54.9 Å². The van der Waals surface area contributed by atoms with Crippen LogP contribution in [0.4, 0.5) is 4.39 Å². The van der Waals surface area contributed by atoms with Crippen LogP contribution in [0.3, 0.4) is 0 Å². The van der Waals surface area contributed by atoms with Crippen LogP contribution in [0.5, 0.6) is 0 Å². The number of nitrogens with zero attached hydrogens (tertiary/aromatic N) is 6. The number of carbonyl (C=O) groups excluding carboxylic acids is 3. The molecule has 9 aromatic rings. The highest BCUT2D eigenvalue weighted by Crippen LogP contribution is 2.41. The quantitative estimate of drug-likeness (QED) is 0.0210. The van der Waals surface area contributed by atoms with Crippen LogP contribution < -0.4 is 32.6 Å². The molecular weight excluding hydrogens is 1490 g/mol. The molecule has 6 N–H and O–H groups in total. The van der Waals surface area contributed by atoms with Crippen molar-refractivity contribution in [2.45, 2.75) is 183 Å². The molecule has 1 aliphatic heterocycles. The number of aromatic nitrogens is 3. The summed E-state index contributed by atoms with van der Waals surface area (Å²) in [4.78, 5) is 131. The third kappa shape index (κ3) is 22.7. The number of likely N-dealkylation sites (tertiary alicyclic amines) is 1. The maximum absolute atomic E-state index is 15.4. The molecule has 3 amide bonds. The van der Waals surface area contributed by atoms with Gasteiger partial charge in [0.2, 0.25) is 17.7 Å². The number of halogens is 1. The van der Waals surface area contributed by atoms with E-state index < -0.39 is 103 Å². The van der Waals surface area contributed by atoms with Crippen molar-refractivity contribution in [1.29, 1.82) is 0 Å². The van der Waals surface area contributed by atoms with Gasteiger partial charge in [0.15, 0.2) is 0 Å². The Morgan fingerprint density at radius 3 is 1.34 bits per heavy atom. The van der Waals surface area contributed by atoms with Crippen LogP contribution in [0.15, 0.2) is 179 Å². The Labute approximate surface area is 692 Å². The van der Waals surface area contributed by atoms with E-state index in [0.717, 1.165) is 91.0 Å². The van der Waals surface area contributed by atoms with E-state index in [4.69, 9.17) is 0 Å². The molecule has 6 atom stereocenters. The molecule has 22 heteroatoms. The third-order valence-electron chi connectivity index (χ3n) is 22.5. The third-order valence-corrected chi connectivity index (χ3v) is 22.5. The molecular formula is C96H116FN9O12. The fraction of sp³-hybridized carbons (Fsp3) is 0.406. The highest BCUT2D eigenvalue weighted by Gasteiger charge is 2.34. The number of aliphatic carboxylic acids is 3. The van der Waals surface area contributed by atoms with Crippen LogP contribution in [0.25, 0.3) is 44.5 Å². The van der Waals surface area contributed by atoms with Crippen molar-refractivity contribution in [3.8, 4) is 44.5 Å². The normalized spacial score (nSPS) is 14.1. The van der Waals surface area contributed by atoms with Gasteiger partial charge in [0.1, 0.15) is 24.3 Å². The molecule has 0 radical (unpaired) electrons. The second kappa shape index (κ2) is 39.8. The summed E-state index contributed by atoms with van der Waals surface area (Å²) >= 11 is 0. The molecule has 0 spiro atoms. The van der Waals surface area contributed by atoms with E-state index in [2.05, 4.69) is 41.1 Å². The number of hydrogen-bond donors (Lipinski definition) is 6. The zero-order valence-electron chi connectivity index (χ0n) is 70.8. The molecule has 10 rings (SSSR count). The summed E-state index contributed by atoms with van der Waals surface area (Å²) in [5, 5.41) is 40.5. The molecule has 0 aliphatic carbocycles. The summed E-state index contributed by atoms with van der Waals surface area (Å²) in [6, 6.07) is 38.7. The van der Waals surface area contributed by atoms with Gasteiger partial charge in [0, 0.05) is 69.5 Å². The number of benzene rings is 6. The van der Waals surface area contributed by atoms with Crippen LogP contribution in [0.2, 0.25) is 0 Å². The predicted molar refractivity (Wildman–Crippen MR) is 463 cm³/mol. The Bertz CT molecular complexity index is 5340. The van der Waals surface area contributed by atoms with E-state index in [1.54, 1.807) is 48.9 Å². The number of carboxylic acids is 3.